The van der Waals surface area contributed by atoms with Gasteiger partial charge in [0.2, 0.25) is 0 Å². The molecular weight excluding hydrogens is 402 g/mol. The molecule has 1 N–H and O–H groups in total. The third-order valence-corrected chi connectivity index (χ3v) is 5.61. The van der Waals surface area contributed by atoms with Gasteiger partial charge in [-0.25, -0.2) is 0 Å². The summed E-state index contributed by atoms with van der Waals surface area (Å²) in [4.78, 5) is 2.55. The summed E-state index contributed by atoms with van der Waals surface area (Å²) in [5.41, 5.74) is 0.841. The van der Waals surface area contributed by atoms with Gasteiger partial charge in [-0.2, -0.15) is 0 Å². The first-order valence-electron chi connectivity index (χ1n) is 8.19. The van der Waals surface area contributed by atoms with E-state index in [9.17, 15) is 0 Å². The molecule has 25 heavy (non-hydrogen) atoms. The molecule has 7 heteroatoms. The van der Waals surface area contributed by atoms with Gasteiger partial charge in [-0.1, -0.05) is 23.2 Å². The number of nitrogens with zero attached hydrogens (tertiary/aromatic N) is 1. The van der Waals surface area contributed by atoms with Crippen molar-refractivity contribution in [1.82, 2.24) is 10.2 Å². The SMILES string of the molecule is Cl.Cl.Clc1ccc(Cl)c(-c2ccc(CNC3CN4CCC3CC4)o2)c1. The maximum atomic E-state index is 6.24. The van der Waals surface area contributed by atoms with Crippen LogP contribution in [0.25, 0.3) is 11.3 Å². The second-order valence-electron chi connectivity index (χ2n) is 6.52. The molecule has 1 aromatic carbocycles. The lowest BCUT2D eigenvalue weighted by Crippen LogP contribution is -2.55. The van der Waals surface area contributed by atoms with Crippen LogP contribution < -0.4 is 5.32 Å². The third-order valence-electron chi connectivity index (χ3n) is 5.05. The molecule has 0 spiro atoms. The van der Waals surface area contributed by atoms with Crippen molar-refractivity contribution < 1.29 is 4.42 Å². The third kappa shape index (κ3) is 4.65. The molecule has 2 bridgehead atoms. The van der Waals surface area contributed by atoms with E-state index >= 15 is 0 Å². The van der Waals surface area contributed by atoms with Crippen LogP contribution in [0.3, 0.4) is 0 Å². The molecule has 1 atom stereocenters. The second-order valence-corrected chi connectivity index (χ2v) is 7.36. The maximum Gasteiger partial charge on any atom is 0.135 e. The summed E-state index contributed by atoms with van der Waals surface area (Å²) in [5.74, 6) is 2.52. The van der Waals surface area contributed by atoms with Gasteiger partial charge in [0, 0.05) is 23.2 Å². The van der Waals surface area contributed by atoms with Crippen LogP contribution in [-0.2, 0) is 6.54 Å². The van der Waals surface area contributed by atoms with Crippen LogP contribution >= 0.6 is 48.0 Å². The number of benzene rings is 1. The Morgan fingerprint density at radius 1 is 1.08 bits per heavy atom. The fourth-order valence-corrected chi connectivity index (χ4v) is 4.11. The van der Waals surface area contributed by atoms with Crippen molar-refractivity contribution in [1.29, 1.82) is 0 Å². The molecule has 3 saturated heterocycles. The molecular formula is C18H22Cl4N2O. The van der Waals surface area contributed by atoms with Gasteiger partial charge >= 0.3 is 0 Å². The predicted molar refractivity (Wildman–Crippen MR) is 108 cm³/mol. The Balaban J connectivity index is 0.00000113. The first kappa shape index (κ1) is 20.9. The lowest BCUT2D eigenvalue weighted by atomic mass is 9.84. The average Bonchev–Trinajstić information content (AvgIpc) is 3.05. The largest absolute Gasteiger partial charge is 0.460 e. The summed E-state index contributed by atoms with van der Waals surface area (Å²) in [6.07, 6.45) is 2.64. The Morgan fingerprint density at radius 3 is 2.52 bits per heavy atom. The minimum atomic E-state index is 0. The van der Waals surface area contributed by atoms with Gasteiger partial charge in [0.1, 0.15) is 11.5 Å². The zero-order valence-electron chi connectivity index (χ0n) is 13.7. The molecule has 5 rings (SSSR count). The molecule has 1 unspecified atom stereocenters. The number of furan rings is 1. The van der Waals surface area contributed by atoms with Gasteiger partial charge in [0.25, 0.3) is 0 Å². The highest BCUT2D eigenvalue weighted by Crippen LogP contribution is 2.32. The minimum absolute atomic E-state index is 0. The number of hydrogen-bond donors (Lipinski definition) is 1. The van der Waals surface area contributed by atoms with Crippen LogP contribution in [0, 0.1) is 5.92 Å². The molecule has 0 amide bonds. The fraction of sp³-hybridized carbons (Fsp3) is 0.444. The van der Waals surface area contributed by atoms with Crippen molar-refractivity contribution in [3.8, 4) is 11.3 Å². The van der Waals surface area contributed by atoms with E-state index in [-0.39, 0.29) is 24.8 Å². The van der Waals surface area contributed by atoms with Crippen LogP contribution in [0.5, 0.6) is 0 Å². The molecule has 1 aromatic heterocycles. The zero-order valence-corrected chi connectivity index (χ0v) is 16.9. The second kappa shape index (κ2) is 8.98. The van der Waals surface area contributed by atoms with Crippen molar-refractivity contribution in [3.05, 3.63) is 46.1 Å². The fourth-order valence-electron chi connectivity index (χ4n) is 3.73. The highest BCUT2D eigenvalue weighted by molar-refractivity contribution is 6.35. The van der Waals surface area contributed by atoms with Crippen molar-refractivity contribution in [2.24, 2.45) is 5.92 Å². The van der Waals surface area contributed by atoms with Crippen molar-refractivity contribution in [2.75, 3.05) is 19.6 Å². The van der Waals surface area contributed by atoms with E-state index in [1.54, 1.807) is 12.1 Å². The minimum Gasteiger partial charge on any atom is -0.460 e. The van der Waals surface area contributed by atoms with Crippen LogP contribution in [-0.4, -0.2) is 30.6 Å². The van der Waals surface area contributed by atoms with Crippen LogP contribution in [0.15, 0.2) is 34.7 Å². The Kier molecular flexibility index (Phi) is 7.51. The summed E-state index contributed by atoms with van der Waals surface area (Å²) < 4.78 is 5.96. The van der Waals surface area contributed by atoms with Gasteiger partial charge in [-0.15, -0.1) is 24.8 Å². The Bertz CT molecular complexity index is 698. The topological polar surface area (TPSA) is 28.4 Å². The number of halogens is 4. The van der Waals surface area contributed by atoms with Crippen LogP contribution in [0.2, 0.25) is 10.0 Å². The molecule has 0 radical (unpaired) electrons. The molecule has 4 heterocycles. The van der Waals surface area contributed by atoms with E-state index in [1.165, 1.54) is 32.5 Å². The zero-order chi connectivity index (χ0) is 15.8. The molecule has 3 aliphatic rings. The highest BCUT2D eigenvalue weighted by Gasteiger charge is 2.33. The van der Waals surface area contributed by atoms with Gasteiger partial charge in [-0.3, -0.25) is 0 Å². The molecule has 138 valence electrons. The van der Waals surface area contributed by atoms with Crippen LogP contribution in [0.4, 0.5) is 0 Å². The predicted octanol–water partition coefficient (Wildman–Crippen LogP) is 5.28. The van der Waals surface area contributed by atoms with E-state index in [0.29, 0.717) is 16.1 Å². The molecule has 3 nitrogen and oxygen atoms in total. The van der Waals surface area contributed by atoms with Gasteiger partial charge < -0.3 is 14.6 Å². The molecule has 2 aromatic rings. The number of rotatable bonds is 4. The van der Waals surface area contributed by atoms with Crippen LogP contribution in [0.1, 0.15) is 18.6 Å². The quantitative estimate of drug-likeness (QED) is 0.724. The van der Waals surface area contributed by atoms with E-state index < -0.39 is 0 Å². The lowest BCUT2D eigenvalue weighted by Gasteiger charge is -2.45. The van der Waals surface area contributed by atoms with E-state index in [1.807, 2.05) is 18.2 Å². The number of fused-ring (bicyclic) bond motifs is 3. The smallest absolute Gasteiger partial charge is 0.135 e. The molecule has 0 aliphatic carbocycles. The van der Waals surface area contributed by atoms with E-state index in [4.69, 9.17) is 27.6 Å². The van der Waals surface area contributed by atoms with E-state index in [0.717, 1.165) is 29.5 Å². The van der Waals surface area contributed by atoms with Gasteiger partial charge in [-0.05, 0) is 62.2 Å². The van der Waals surface area contributed by atoms with Gasteiger partial charge in [0.05, 0.1) is 11.6 Å². The summed E-state index contributed by atoms with van der Waals surface area (Å²) in [5, 5.41) is 4.98. The molecule has 3 aliphatic heterocycles. The number of hydrogen-bond acceptors (Lipinski definition) is 3. The Morgan fingerprint density at radius 2 is 1.84 bits per heavy atom. The average molecular weight is 424 g/mol. The lowest BCUT2D eigenvalue weighted by molar-refractivity contribution is 0.0711. The summed E-state index contributed by atoms with van der Waals surface area (Å²) in [7, 11) is 0. The first-order valence-corrected chi connectivity index (χ1v) is 8.94. The highest BCUT2D eigenvalue weighted by atomic mass is 35.5. The first-order chi connectivity index (χ1) is 11.2. The monoisotopic (exact) mass is 422 g/mol. The number of piperidine rings is 3. The summed E-state index contributed by atoms with van der Waals surface area (Å²) in [6.45, 7) is 4.45. The molecule has 3 fully saturated rings. The number of nitrogens with one attached hydrogen (secondary N) is 1. The van der Waals surface area contributed by atoms with Gasteiger partial charge in [0.15, 0.2) is 0 Å². The normalized spacial score (nSPS) is 24.5. The maximum absolute atomic E-state index is 6.24. The summed E-state index contributed by atoms with van der Waals surface area (Å²) >= 11 is 12.3. The van der Waals surface area contributed by atoms with Crippen molar-refractivity contribution >= 4 is 48.0 Å². The van der Waals surface area contributed by atoms with Crippen molar-refractivity contribution in [3.63, 3.8) is 0 Å². The summed E-state index contributed by atoms with van der Waals surface area (Å²) in [6, 6.07) is 9.99. The Hall–Kier alpha value is -0.420. The Labute approximate surface area is 170 Å². The standard InChI is InChI=1S/C18H20Cl2N2O.2ClH/c19-13-1-3-16(20)15(9-13)18-4-2-14(23-18)10-21-17-11-22-7-5-12(17)6-8-22;;/h1-4,9,12,17,21H,5-8,10-11H2;2*1H. The van der Waals surface area contributed by atoms with E-state index in [2.05, 4.69) is 10.2 Å². The molecule has 0 saturated carbocycles. The van der Waals surface area contributed by atoms with Crippen molar-refractivity contribution in [2.45, 2.75) is 25.4 Å².